The minimum absolute atomic E-state index is 0.170. The molecular weight excluding hydrogens is 1500 g/mol. The Morgan fingerprint density at radius 2 is 0.656 bits per heavy atom. The topological polar surface area (TPSA) is 698 Å². The van der Waals surface area contributed by atoms with E-state index in [1.165, 1.54) is 0 Å². The van der Waals surface area contributed by atoms with E-state index < -0.39 is 223 Å². The van der Waals surface area contributed by atoms with E-state index in [9.17, 15) is 91.5 Å². The molecule has 0 radical (unpaired) electrons. The van der Waals surface area contributed by atoms with Gasteiger partial charge in [-0.2, -0.15) is 0 Å². The largest absolute Gasteiger partial charge is 0.469 e. The van der Waals surface area contributed by atoms with Gasteiger partial charge in [-0.1, -0.05) is 0 Å². The lowest BCUT2D eigenvalue weighted by Gasteiger charge is -2.23. The van der Waals surface area contributed by atoms with Crippen molar-refractivity contribution in [3.63, 3.8) is 0 Å². The lowest BCUT2D eigenvalue weighted by molar-refractivity contribution is -0.204. The van der Waals surface area contributed by atoms with Crippen LogP contribution in [0.3, 0.4) is 0 Å². The molecule has 56 heteroatoms. The van der Waals surface area contributed by atoms with Gasteiger partial charge in [0, 0.05) is 24.8 Å². The number of halogens is 4. The van der Waals surface area contributed by atoms with Crippen LogP contribution in [0.1, 0.15) is 55.3 Å². The van der Waals surface area contributed by atoms with Gasteiger partial charge in [-0.05, 0) is 48.9 Å². The van der Waals surface area contributed by atoms with Crippen LogP contribution < -0.4 is 22.2 Å². The minimum Gasteiger partial charge on any atom is -0.391 e. The van der Waals surface area contributed by atoms with Crippen LogP contribution in [-0.2, 0) is 81.7 Å². The van der Waals surface area contributed by atoms with Gasteiger partial charge >= 0.3 is 31.3 Å². The summed E-state index contributed by atoms with van der Waals surface area (Å²) in [6.45, 7) is -13.9. The van der Waals surface area contributed by atoms with Crippen LogP contribution in [0.4, 0.5) is 17.6 Å². The molecule has 96 heavy (non-hydrogen) atoms. The monoisotopic (exact) mass is 1560 g/mol. The quantitative estimate of drug-likeness (QED) is 0.0222. The van der Waals surface area contributed by atoms with Gasteiger partial charge in [0.15, 0.2) is 43.9 Å². The second kappa shape index (κ2) is 31.9. The van der Waals surface area contributed by atoms with Crippen molar-refractivity contribution < 1.29 is 182 Å². The highest BCUT2D eigenvalue weighted by atomic mass is 32.1. The molecule has 4 saturated heterocycles. The molecule has 8 rings (SSSR count). The number of nitrogens with one attached hydrogen (secondary N) is 4. The van der Waals surface area contributed by atoms with Crippen LogP contribution in [0.25, 0.3) is 0 Å². The molecule has 24 N–H and O–H groups in total. The number of H-pyrrole nitrogens is 4. The first kappa shape index (κ1) is 73.1. The summed E-state index contributed by atoms with van der Waals surface area (Å²) in [7, 11) is -21.4. The van der Waals surface area contributed by atoms with E-state index >= 15 is 4.39 Å². The van der Waals surface area contributed by atoms with Crippen molar-refractivity contribution in [3.05, 3.63) is 108 Å². The molecule has 0 aromatic carbocycles. The van der Waals surface area contributed by atoms with Crippen molar-refractivity contribution >= 4 is 80.2 Å². The Hall–Kier alpha value is -4.08. The Kier molecular flexibility index (Phi) is 24.3. The van der Waals surface area contributed by atoms with Crippen molar-refractivity contribution in [2.75, 3.05) is 26.3 Å². The lowest BCUT2D eigenvalue weighted by atomic mass is 10.1. The summed E-state index contributed by atoms with van der Waals surface area (Å²) in [5, 5.41) is 116. The standard InChI is InChI=1S/4C10H14FN2O9PS/c4*11-10(3-21-23(18,19)20)6(16)5(15)8(22-10)13-1-4(2-14)7(17)12-9(13)24/h4*1,5-6,8,14-16H,2-3H2,(H,12,17,24)(H2,18,19,20)/t4*5-,6+,8-,10-/m1111/s1/i3D2,8D;8D;3D2;. The van der Waals surface area contributed by atoms with Gasteiger partial charge < -0.3 is 119 Å². The molecule has 0 unspecified atom stereocenters. The maximum absolute atomic E-state index is 15.1. The van der Waals surface area contributed by atoms with E-state index in [0.717, 1.165) is 27.7 Å². The molecule has 0 aliphatic carbocycles. The maximum Gasteiger partial charge on any atom is 0.469 e. The number of hydrogen-bond acceptors (Lipinski definition) is 32. The molecule has 4 aliphatic heterocycles. The number of ether oxygens (including phenoxy) is 4. The molecule has 0 amide bonds. The molecule has 44 nitrogen and oxygen atoms in total. The van der Waals surface area contributed by atoms with Gasteiger partial charge in [0.05, 0.1) is 56.9 Å². The van der Waals surface area contributed by atoms with E-state index in [0.29, 0.717) is 15.3 Å². The molecule has 4 aromatic rings. The molecule has 16 atom stereocenters. The highest BCUT2D eigenvalue weighted by Crippen LogP contribution is 2.48. The van der Waals surface area contributed by atoms with Crippen molar-refractivity contribution in [2.45, 2.75) is 124 Å². The molecule has 544 valence electrons. The SMILES string of the molecule is O=c1[nH]c(=S)n([C@@H]2O[C@](F)(COP(=O)(O)O)[C@@H](O)[C@H]2O)cc1CO.[2H]C([2H])(OP(=O)(O)O)[C@@]1(F)O[C@@H](n2cc(CO)c(=O)[nH]c2=S)[C@H](O)[C@@H]1O.[2H]C([2H])(OP(=O)(O)O)[C@@]1(F)O[C@@]([2H])(n2cc(CO)c(=O)[nH]c2=S)[C@H](O)[C@@H]1O.[2H][C@@]1(n2cc(CO)c(=O)[nH]c2=S)O[C@](F)(COP(=O)(O)O)[C@@H](O)[C@H]1O. The van der Waals surface area contributed by atoms with Crippen LogP contribution in [-0.4, -0.2) is 237 Å². The molecule has 0 spiro atoms. The van der Waals surface area contributed by atoms with E-state index in [1.807, 2.05) is 4.98 Å². The van der Waals surface area contributed by atoms with Crippen LogP contribution in [0.15, 0.2) is 44.0 Å². The van der Waals surface area contributed by atoms with E-state index in [2.05, 4.69) is 47.3 Å². The predicted octanol–water partition coefficient (Wildman–Crippen LogP) is -6.30. The minimum atomic E-state index is -5.63. The fraction of sp³-hybridized carbons (Fsp3) is 0.600. The summed E-state index contributed by atoms with van der Waals surface area (Å²) >= 11 is 19.2. The fourth-order valence-corrected chi connectivity index (χ4v) is 9.91. The predicted molar refractivity (Wildman–Crippen MR) is 303 cm³/mol. The Bertz CT molecular complexity index is 4480. The van der Waals surface area contributed by atoms with Crippen molar-refractivity contribution in [3.8, 4) is 0 Å². The normalized spacial score (nSPS) is 33.4. The van der Waals surface area contributed by atoms with Gasteiger partial charge in [0.2, 0.25) is 0 Å². The van der Waals surface area contributed by atoms with Crippen molar-refractivity contribution in [1.29, 1.82) is 0 Å². The summed E-state index contributed by atoms with van der Waals surface area (Å²) in [6, 6.07) is 0. The highest BCUT2D eigenvalue weighted by Gasteiger charge is 2.60. The average molecular weight is 1560 g/mol. The zero-order chi connectivity index (χ0) is 78.6. The number of phosphoric acid groups is 4. The van der Waals surface area contributed by atoms with Gasteiger partial charge in [-0.15, -0.1) is 0 Å². The Balaban J connectivity index is 0.000000245. The fourth-order valence-electron chi connectivity index (χ4n) is 7.76. The zero-order valence-electron chi connectivity index (χ0n) is 52.5. The molecule has 4 aromatic heterocycles. The number of nitrogens with zero attached hydrogens (tertiary/aromatic N) is 4. The van der Waals surface area contributed by atoms with E-state index in [4.69, 9.17) is 121 Å². The number of aromatic amines is 4. The van der Waals surface area contributed by atoms with Gasteiger partial charge in [0.1, 0.15) is 75.2 Å². The third-order valence-corrected chi connectivity index (χ3v) is 15.2. The van der Waals surface area contributed by atoms with Crippen LogP contribution >= 0.6 is 80.2 Å². The first-order valence-electron chi connectivity index (χ1n) is 27.9. The van der Waals surface area contributed by atoms with Crippen LogP contribution in [0, 0.1) is 19.1 Å². The lowest BCUT2D eigenvalue weighted by Crippen LogP contribution is -2.42. The third-order valence-electron chi connectivity index (χ3n) is 12.4. The summed E-state index contributed by atoms with van der Waals surface area (Å²) < 4.78 is 183. The number of hydrogen-bond donors (Lipinski definition) is 24. The molecular formula is C40H56F4N8O36P4S4. The Morgan fingerprint density at radius 1 is 0.427 bits per heavy atom. The summed E-state index contributed by atoms with van der Waals surface area (Å²) in [5.74, 6) is -14.6. The molecule has 0 bridgehead atoms. The number of aliphatic hydroxyl groups excluding tert-OH is 12. The molecule has 8 heterocycles. The van der Waals surface area contributed by atoms with Crippen molar-refractivity contribution in [2.24, 2.45) is 0 Å². The highest BCUT2D eigenvalue weighted by molar-refractivity contribution is 7.71. The van der Waals surface area contributed by atoms with Crippen LogP contribution in [0.5, 0.6) is 0 Å². The number of phosphoric ester groups is 4. The van der Waals surface area contributed by atoms with Gasteiger partial charge in [-0.25, -0.2) is 35.8 Å². The molecule has 0 saturated carbocycles. The van der Waals surface area contributed by atoms with E-state index in [1.54, 1.807) is 0 Å². The Morgan fingerprint density at radius 3 is 0.958 bits per heavy atom. The smallest absolute Gasteiger partial charge is 0.391 e. The second-order valence-electron chi connectivity index (χ2n) is 19.1. The van der Waals surface area contributed by atoms with Crippen molar-refractivity contribution in [1.82, 2.24) is 38.2 Å². The maximum atomic E-state index is 15.1. The number of aromatic nitrogens is 8. The zero-order valence-corrected chi connectivity index (χ0v) is 53.4. The number of aliphatic hydroxyl groups is 12. The summed E-state index contributed by atoms with van der Waals surface area (Å²) in [4.78, 5) is 124. The molecule has 4 fully saturated rings. The average Bonchev–Trinajstić information content (AvgIpc) is 1.57. The Labute approximate surface area is 555 Å². The number of rotatable bonds is 20. The first-order valence-corrected chi connectivity index (χ1v) is 32.6. The summed E-state index contributed by atoms with van der Waals surface area (Å²) in [6.07, 6.45) is -25.2. The third kappa shape index (κ3) is 20.1. The van der Waals surface area contributed by atoms with E-state index in [-0.39, 0.29) is 21.5 Å². The van der Waals surface area contributed by atoms with Crippen LogP contribution in [0.2, 0.25) is 0 Å². The first-order chi connectivity index (χ1) is 46.1. The molecule has 4 aliphatic rings. The summed E-state index contributed by atoms with van der Waals surface area (Å²) in [5.41, 5.74) is -4.29. The number of alkyl halides is 4. The van der Waals surface area contributed by atoms with Gasteiger partial charge in [0.25, 0.3) is 45.7 Å². The van der Waals surface area contributed by atoms with Gasteiger partial charge in [-0.3, -0.25) is 75.5 Å². The second-order valence-corrected chi connectivity index (χ2v) is 25.5.